The number of nitrogens with two attached hydrogens (primary N) is 2. The molecular weight excluding hydrogens is 276 g/mol. The van der Waals surface area contributed by atoms with Gasteiger partial charge in [-0.1, -0.05) is 36.0 Å². The monoisotopic (exact) mass is 290 g/mol. The SMILES string of the molecule is Nc1cc(N)nc(SCc2ccccc2CC(=O)O)n1. The maximum Gasteiger partial charge on any atom is 0.307 e. The van der Waals surface area contributed by atoms with Crippen LogP contribution < -0.4 is 11.5 Å². The average Bonchev–Trinajstić information content (AvgIpc) is 2.36. The number of hydrogen-bond donors (Lipinski definition) is 3. The van der Waals surface area contributed by atoms with E-state index < -0.39 is 5.97 Å². The zero-order valence-corrected chi connectivity index (χ0v) is 11.4. The maximum atomic E-state index is 10.8. The van der Waals surface area contributed by atoms with E-state index in [9.17, 15) is 4.79 Å². The van der Waals surface area contributed by atoms with E-state index in [1.165, 1.54) is 17.8 Å². The lowest BCUT2D eigenvalue weighted by Gasteiger charge is -2.07. The molecule has 0 unspecified atom stereocenters. The van der Waals surface area contributed by atoms with Crippen molar-refractivity contribution in [2.75, 3.05) is 11.5 Å². The first kappa shape index (κ1) is 14.1. The Morgan fingerprint density at radius 2 is 1.75 bits per heavy atom. The van der Waals surface area contributed by atoms with Crippen molar-refractivity contribution in [1.29, 1.82) is 0 Å². The molecule has 7 heteroatoms. The van der Waals surface area contributed by atoms with E-state index in [1.54, 1.807) is 6.07 Å². The van der Waals surface area contributed by atoms with E-state index in [0.717, 1.165) is 11.1 Å². The molecule has 0 amide bonds. The van der Waals surface area contributed by atoms with E-state index >= 15 is 0 Å². The van der Waals surface area contributed by atoms with Gasteiger partial charge in [-0.3, -0.25) is 4.79 Å². The standard InChI is InChI=1S/C13H14N4O2S/c14-10-6-11(15)17-13(16-10)20-7-9-4-2-1-3-8(9)5-12(18)19/h1-4,6H,5,7H2,(H,18,19)(H4,14,15,16,17). The van der Waals surface area contributed by atoms with Crippen molar-refractivity contribution in [3.8, 4) is 0 Å². The molecule has 0 saturated carbocycles. The second-order valence-corrected chi connectivity index (χ2v) is 5.07. The Balaban J connectivity index is 2.12. The molecule has 5 N–H and O–H groups in total. The van der Waals surface area contributed by atoms with Crippen LogP contribution in [-0.4, -0.2) is 21.0 Å². The lowest BCUT2D eigenvalue weighted by molar-refractivity contribution is -0.136. The van der Waals surface area contributed by atoms with Crippen molar-refractivity contribution in [3.05, 3.63) is 41.5 Å². The molecule has 1 heterocycles. The summed E-state index contributed by atoms with van der Waals surface area (Å²) in [6.07, 6.45) is -0.00332. The number of carboxylic acid groups (broad SMARTS) is 1. The summed E-state index contributed by atoms with van der Waals surface area (Å²) in [5.41, 5.74) is 12.9. The van der Waals surface area contributed by atoms with Gasteiger partial charge in [0.1, 0.15) is 11.6 Å². The molecule has 6 nitrogen and oxygen atoms in total. The zero-order valence-electron chi connectivity index (χ0n) is 10.6. The third kappa shape index (κ3) is 3.86. The number of nitrogen functional groups attached to an aromatic ring is 2. The fourth-order valence-electron chi connectivity index (χ4n) is 1.70. The number of thioether (sulfide) groups is 1. The van der Waals surface area contributed by atoms with Gasteiger partial charge in [0.25, 0.3) is 0 Å². The van der Waals surface area contributed by atoms with Gasteiger partial charge in [-0.25, -0.2) is 9.97 Å². The van der Waals surface area contributed by atoms with Crippen molar-refractivity contribution in [1.82, 2.24) is 9.97 Å². The van der Waals surface area contributed by atoms with Crippen LogP contribution >= 0.6 is 11.8 Å². The fraction of sp³-hybridized carbons (Fsp3) is 0.154. The number of hydrogen-bond acceptors (Lipinski definition) is 6. The van der Waals surface area contributed by atoms with Crippen molar-refractivity contribution < 1.29 is 9.90 Å². The molecule has 1 aromatic carbocycles. The first-order valence-electron chi connectivity index (χ1n) is 5.86. The van der Waals surface area contributed by atoms with Crippen molar-refractivity contribution in [2.45, 2.75) is 17.3 Å². The number of benzene rings is 1. The Morgan fingerprint density at radius 3 is 2.35 bits per heavy atom. The zero-order chi connectivity index (χ0) is 14.5. The van der Waals surface area contributed by atoms with E-state index in [0.29, 0.717) is 22.5 Å². The molecule has 0 radical (unpaired) electrons. The molecule has 2 aromatic rings. The molecule has 0 aliphatic carbocycles. The van der Waals surface area contributed by atoms with Gasteiger partial charge in [0.2, 0.25) is 0 Å². The Bertz CT molecular complexity index is 613. The average molecular weight is 290 g/mol. The van der Waals surface area contributed by atoms with E-state index in [1.807, 2.05) is 18.2 Å². The molecule has 20 heavy (non-hydrogen) atoms. The van der Waals surface area contributed by atoms with Crippen LogP contribution in [0, 0.1) is 0 Å². The van der Waals surface area contributed by atoms with Crippen LogP contribution in [0.5, 0.6) is 0 Å². The molecule has 0 spiro atoms. The van der Waals surface area contributed by atoms with Gasteiger partial charge >= 0.3 is 5.97 Å². The largest absolute Gasteiger partial charge is 0.481 e. The minimum absolute atomic E-state index is 0.00332. The first-order valence-corrected chi connectivity index (χ1v) is 6.84. The van der Waals surface area contributed by atoms with Crippen LogP contribution in [0.15, 0.2) is 35.5 Å². The lowest BCUT2D eigenvalue weighted by Crippen LogP contribution is -2.03. The Kier molecular flexibility index (Phi) is 4.41. The normalized spacial score (nSPS) is 10.4. The molecule has 104 valence electrons. The van der Waals surface area contributed by atoms with Gasteiger partial charge in [-0.2, -0.15) is 0 Å². The van der Waals surface area contributed by atoms with Gasteiger partial charge in [-0.15, -0.1) is 0 Å². The van der Waals surface area contributed by atoms with Gasteiger partial charge < -0.3 is 16.6 Å². The Hall–Kier alpha value is -2.28. The van der Waals surface area contributed by atoms with E-state index in [4.69, 9.17) is 16.6 Å². The lowest BCUT2D eigenvalue weighted by atomic mass is 10.1. The van der Waals surface area contributed by atoms with Crippen LogP contribution in [0.1, 0.15) is 11.1 Å². The smallest absolute Gasteiger partial charge is 0.307 e. The van der Waals surface area contributed by atoms with Crippen LogP contribution in [0.4, 0.5) is 11.6 Å². The second-order valence-electron chi connectivity index (χ2n) is 4.13. The molecule has 0 atom stereocenters. The summed E-state index contributed by atoms with van der Waals surface area (Å²) < 4.78 is 0. The molecule has 2 rings (SSSR count). The fourth-order valence-corrected chi connectivity index (χ4v) is 2.61. The summed E-state index contributed by atoms with van der Waals surface area (Å²) in [6, 6.07) is 8.87. The summed E-state index contributed by atoms with van der Waals surface area (Å²) >= 11 is 1.37. The highest BCUT2D eigenvalue weighted by molar-refractivity contribution is 7.98. The second kappa shape index (κ2) is 6.25. The summed E-state index contributed by atoms with van der Waals surface area (Å²) in [7, 11) is 0. The number of nitrogens with zero attached hydrogens (tertiary/aromatic N) is 2. The topological polar surface area (TPSA) is 115 Å². The minimum atomic E-state index is -0.855. The number of anilines is 2. The summed E-state index contributed by atoms with van der Waals surface area (Å²) in [4.78, 5) is 19.0. The number of rotatable bonds is 5. The highest BCUT2D eigenvalue weighted by Crippen LogP contribution is 2.23. The molecule has 0 saturated heterocycles. The van der Waals surface area contributed by atoms with E-state index in [-0.39, 0.29) is 6.42 Å². The molecule has 0 aliphatic heterocycles. The highest BCUT2D eigenvalue weighted by Gasteiger charge is 2.08. The first-order chi connectivity index (χ1) is 9.54. The van der Waals surface area contributed by atoms with Crippen molar-refractivity contribution in [2.24, 2.45) is 0 Å². The third-order valence-corrected chi connectivity index (χ3v) is 3.46. The van der Waals surface area contributed by atoms with Crippen LogP contribution in [0.25, 0.3) is 0 Å². The number of carboxylic acids is 1. The van der Waals surface area contributed by atoms with Crippen LogP contribution in [0.3, 0.4) is 0 Å². The number of aliphatic carboxylic acids is 1. The van der Waals surface area contributed by atoms with Gasteiger partial charge in [0.05, 0.1) is 6.42 Å². The number of aromatic nitrogens is 2. The molecule has 0 bridgehead atoms. The summed E-state index contributed by atoms with van der Waals surface area (Å²) in [5.74, 6) is 0.344. The predicted octanol–water partition coefficient (Wildman–Crippen LogP) is 1.56. The highest BCUT2D eigenvalue weighted by atomic mass is 32.2. The Labute approximate surface area is 120 Å². The quantitative estimate of drug-likeness (QED) is 0.565. The van der Waals surface area contributed by atoms with Crippen molar-refractivity contribution >= 4 is 29.4 Å². The van der Waals surface area contributed by atoms with Crippen LogP contribution in [-0.2, 0) is 17.0 Å². The predicted molar refractivity (Wildman–Crippen MR) is 78.2 cm³/mol. The molecule has 0 aliphatic rings. The summed E-state index contributed by atoms with van der Waals surface area (Å²) in [6.45, 7) is 0. The van der Waals surface area contributed by atoms with E-state index in [2.05, 4.69) is 9.97 Å². The van der Waals surface area contributed by atoms with Crippen molar-refractivity contribution in [3.63, 3.8) is 0 Å². The summed E-state index contributed by atoms with van der Waals surface area (Å²) in [5, 5.41) is 9.36. The molecule has 0 fully saturated rings. The molecule has 1 aromatic heterocycles. The van der Waals surface area contributed by atoms with Gasteiger partial charge in [0, 0.05) is 11.8 Å². The van der Waals surface area contributed by atoms with Gasteiger partial charge in [-0.05, 0) is 11.1 Å². The molecular formula is C13H14N4O2S. The number of carbonyl (C=O) groups is 1. The van der Waals surface area contributed by atoms with Crippen LogP contribution in [0.2, 0.25) is 0 Å². The van der Waals surface area contributed by atoms with Gasteiger partial charge in [0.15, 0.2) is 5.16 Å². The third-order valence-electron chi connectivity index (χ3n) is 2.56. The minimum Gasteiger partial charge on any atom is -0.481 e. The maximum absolute atomic E-state index is 10.8. The Morgan fingerprint density at radius 1 is 1.15 bits per heavy atom.